The lowest BCUT2D eigenvalue weighted by Gasteiger charge is -2.31. The number of carboxylic acids is 1. The number of nitrogens with one attached hydrogen (secondary N) is 1. The number of carbonyl (C=O) groups excluding carboxylic acids is 1. The van der Waals surface area contributed by atoms with Crippen molar-refractivity contribution in [2.24, 2.45) is 5.41 Å². The number of carbonyl (C=O) groups is 2. The zero-order valence-electron chi connectivity index (χ0n) is 13.9. The fourth-order valence-corrected chi connectivity index (χ4v) is 2.30. The van der Waals surface area contributed by atoms with E-state index in [1.807, 2.05) is 6.07 Å². The quantitative estimate of drug-likeness (QED) is 0.720. The van der Waals surface area contributed by atoms with Gasteiger partial charge in [-0.05, 0) is 44.5 Å². The molecule has 1 rings (SSSR count). The Morgan fingerprint density at radius 3 is 2.35 bits per heavy atom. The number of hydrogen-bond acceptors (Lipinski definition) is 3. The second-order valence-electron chi connectivity index (χ2n) is 6.24. The second kappa shape index (κ2) is 8.33. The maximum Gasteiger partial charge on any atom is 0.311 e. The first-order valence-electron chi connectivity index (χ1n) is 7.87. The Morgan fingerprint density at radius 1 is 1.26 bits per heavy atom. The topological polar surface area (TPSA) is 90.2 Å². The van der Waals surface area contributed by atoms with Crippen LogP contribution in [-0.2, 0) is 4.79 Å². The lowest BCUT2D eigenvalue weighted by Crippen LogP contribution is -2.49. The molecular weight excluding hydrogens is 292 g/mol. The molecule has 0 radical (unpaired) electrons. The van der Waals surface area contributed by atoms with Crippen LogP contribution < -0.4 is 5.32 Å². The smallest absolute Gasteiger partial charge is 0.311 e. The van der Waals surface area contributed by atoms with E-state index in [1.165, 1.54) is 0 Å². The summed E-state index contributed by atoms with van der Waals surface area (Å²) in [4.78, 5) is 23.9. The molecular formula is C18H24N2O3. The molecule has 0 saturated carbocycles. The van der Waals surface area contributed by atoms with Crippen LogP contribution in [0.25, 0.3) is 0 Å². The van der Waals surface area contributed by atoms with E-state index in [-0.39, 0.29) is 5.91 Å². The first-order valence-corrected chi connectivity index (χ1v) is 7.87. The molecule has 0 heterocycles. The van der Waals surface area contributed by atoms with Crippen molar-refractivity contribution in [3.05, 3.63) is 35.4 Å². The molecule has 0 spiro atoms. The summed E-state index contributed by atoms with van der Waals surface area (Å²) < 4.78 is 0. The largest absolute Gasteiger partial charge is 0.481 e. The summed E-state index contributed by atoms with van der Waals surface area (Å²) in [6, 6.07) is 7.84. The Kier molecular flexibility index (Phi) is 6.77. The van der Waals surface area contributed by atoms with E-state index in [0.717, 1.165) is 19.3 Å². The molecule has 1 aromatic rings. The number of benzene rings is 1. The molecule has 0 aliphatic carbocycles. The van der Waals surface area contributed by atoms with Crippen LogP contribution in [0.1, 0.15) is 62.4 Å². The van der Waals surface area contributed by atoms with Crippen LogP contribution in [-0.4, -0.2) is 23.0 Å². The van der Waals surface area contributed by atoms with E-state index in [0.29, 0.717) is 17.5 Å². The molecule has 0 aliphatic heterocycles. The molecule has 0 bridgehead atoms. The van der Waals surface area contributed by atoms with Crippen molar-refractivity contribution in [1.29, 1.82) is 5.26 Å². The summed E-state index contributed by atoms with van der Waals surface area (Å²) in [5.41, 5.74) is -0.145. The summed E-state index contributed by atoms with van der Waals surface area (Å²) in [6.45, 7) is 5.34. The molecule has 5 heteroatoms. The molecule has 1 atom stereocenters. The minimum Gasteiger partial charge on any atom is -0.481 e. The zero-order chi connectivity index (χ0) is 17.5. The van der Waals surface area contributed by atoms with Gasteiger partial charge in [-0.1, -0.05) is 26.2 Å². The van der Waals surface area contributed by atoms with Crippen LogP contribution in [0.2, 0.25) is 0 Å². The van der Waals surface area contributed by atoms with Gasteiger partial charge in [0.05, 0.1) is 17.0 Å². The van der Waals surface area contributed by atoms with E-state index in [4.69, 9.17) is 5.26 Å². The van der Waals surface area contributed by atoms with Crippen molar-refractivity contribution >= 4 is 11.9 Å². The summed E-state index contributed by atoms with van der Waals surface area (Å²) in [5, 5.41) is 21.1. The normalized spacial score (nSPS) is 12.3. The van der Waals surface area contributed by atoms with Gasteiger partial charge in [-0.2, -0.15) is 5.26 Å². The van der Waals surface area contributed by atoms with Crippen molar-refractivity contribution in [2.75, 3.05) is 0 Å². The minimum absolute atomic E-state index is 0.315. The Labute approximate surface area is 137 Å². The highest BCUT2D eigenvalue weighted by Crippen LogP contribution is 2.25. The van der Waals surface area contributed by atoms with Gasteiger partial charge in [-0.25, -0.2) is 0 Å². The molecule has 0 unspecified atom stereocenters. The zero-order valence-corrected chi connectivity index (χ0v) is 13.9. The fourth-order valence-electron chi connectivity index (χ4n) is 2.30. The first kappa shape index (κ1) is 18.7. The van der Waals surface area contributed by atoms with E-state index in [1.54, 1.807) is 38.1 Å². The van der Waals surface area contributed by atoms with E-state index in [2.05, 4.69) is 12.2 Å². The number of nitriles is 1. The molecule has 0 fully saturated rings. The first-order chi connectivity index (χ1) is 10.8. The molecule has 124 valence electrons. The molecule has 0 aromatic heterocycles. The standard InChI is InChI=1S/C18H24N2O3/c1-4-5-6-7-15(18(2,3)17(22)23)20-16(21)14-10-8-13(12-19)9-11-14/h8-11,15H,4-7H2,1-3H3,(H,20,21)(H,22,23)/t15-/m0/s1. The number of nitrogens with zero attached hydrogens (tertiary/aromatic N) is 1. The predicted molar refractivity (Wildman–Crippen MR) is 88.0 cm³/mol. The predicted octanol–water partition coefficient (Wildman–Crippen LogP) is 3.35. The van der Waals surface area contributed by atoms with E-state index < -0.39 is 17.4 Å². The highest BCUT2D eigenvalue weighted by atomic mass is 16.4. The van der Waals surface area contributed by atoms with Crippen LogP contribution in [0.5, 0.6) is 0 Å². The van der Waals surface area contributed by atoms with Crippen LogP contribution >= 0.6 is 0 Å². The van der Waals surface area contributed by atoms with Gasteiger partial charge >= 0.3 is 5.97 Å². The van der Waals surface area contributed by atoms with Gasteiger partial charge in [0.2, 0.25) is 0 Å². The minimum atomic E-state index is -1.05. The van der Waals surface area contributed by atoms with Gasteiger partial charge in [0.1, 0.15) is 0 Å². The molecule has 2 N–H and O–H groups in total. The third-order valence-corrected chi connectivity index (χ3v) is 4.10. The molecule has 0 aliphatic rings. The Hall–Kier alpha value is -2.35. The lowest BCUT2D eigenvalue weighted by molar-refractivity contribution is -0.148. The van der Waals surface area contributed by atoms with Crippen LogP contribution in [0.4, 0.5) is 0 Å². The maximum atomic E-state index is 12.4. The highest BCUT2D eigenvalue weighted by Gasteiger charge is 2.37. The molecule has 0 saturated heterocycles. The highest BCUT2D eigenvalue weighted by molar-refractivity contribution is 5.95. The molecule has 5 nitrogen and oxygen atoms in total. The maximum absolute atomic E-state index is 12.4. The van der Waals surface area contributed by atoms with Crippen molar-refractivity contribution in [3.63, 3.8) is 0 Å². The van der Waals surface area contributed by atoms with Gasteiger partial charge < -0.3 is 10.4 Å². The monoisotopic (exact) mass is 316 g/mol. The summed E-state index contributed by atoms with van der Waals surface area (Å²) in [6.07, 6.45) is 3.52. The van der Waals surface area contributed by atoms with Gasteiger partial charge in [0.15, 0.2) is 0 Å². The van der Waals surface area contributed by atoms with Gasteiger partial charge in [-0.3, -0.25) is 9.59 Å². The third kappa shape index (κ3) is 5.10. The number of amides is 1. The van der Waals surface area contributed by atoms with Crippen LogP contribution in [0.3, 0.4) is 0 Å². The van der Waals surface area contributed by atoms with Crippen LogP contribution in [0, 0.1) is 16.7 Å². The van der Waals surface area contributed by atoms with Gasteiger partial charge in [0, 0.05) is 11.6 Å². The molecule has 1 aromatic carbocycles. The van der Waals surface area contributed by atoms with E-state index >= 15 is 0 Å². The van der Waals surface area contributed by atoms with Crippen LogP contribution in [0.15, 0.2) is 24.3 Å². The number of rotatable bonds is 8. The number of hydrogen-bond donors (Lipinski definition) is 2. The summed E-state index contributed by atoms with van der Waals surface area (Å²) in [5.74, 6) is -1.25. The number of aliphatic carboxylic acids is 1. The average molecular weight is 316 g/mol. The third-order valence-electron chi connectivity index (χ3n) is 4.10. The molecule has 1 amide bonds. The SMILES string of the molecule is CCCCC[C@H](NC(=O)c1ccc(C#N)cc1)C(C)(C)C(=O)O. The van der Waals surface area contributed by atoms with Crippen molar-refractivity contribution in [2.45, 2.75) is 52.5 Å². The van der Waals surface area contributed by atoms with E-state index in [9.17, 15) is 14.7 Å². The summed E-state index contributed by atoms with van der Waals surface area (Å²) >= 11 is 0. The molecule has 23 heavy (non-hydrogen) atoms. The van der Waals surface area contributed by atoms with Crippen molar-refractivity contribution in [1.82, 2.24) is 5.32 Å². The van der Waals surface area contributed by atoms with Crippen molar-refractivity contribution in [3.8, 4) is 6.07 Å². The van der Waals surface area contributed by atoms with Gasteiger partial charge in [0.25, 0.3) is 5.91 Å². The number of carboxylic acid groups (broad SMARTS) is 1. The summed E-state index contributed by atoms with van der Waals surface area (Å²) in [7, 11) is 0. The van der Waals surface area contributed by atoms with Gasteiger partial charge in [-0.15, -0.1) is 0 Å². The number of unbranched alkanes of at least 4 members (excludes halogenated alkanes) is 2. The lowest BCUT2D eigenvalue weighted by atomic mass is 9.81. The Balaban J connectivity index is 2.88. The Morgan fingerprint density at radius 2 is 1.87 bits per heavy atom. The van der Waals surface area contributed by atoms with Crippen molar-refractivity contribution < 1.29 is 14.7 Å². The fraction of sp³-hybridized carbons (Fsp3) is 0.500. The Bertz CT molecular complexity index is 585. The second-order valence-corrected chi connectivity index (χ2v) is 6.24. The average Bonchev–Trinajstić information content (AvgIpc) is 2.53.